The second-order valence-electron chi connectivity index (χ2n) is 3.01. The van der Waals surface area contributed by atoms with Gasteiger partial charge in [-0.3, -0.25) is 4.79 Å². The van der Waals surface area contributed by atoms with Gasteiger partial charge in [-0.25, -0.2) is 4.79 Å². The Morgan fingerprint density at radius 2 is 2.18 bits per heavy atom. The lowest BCUT2D eigenvalue weighted by molar-refractivity contribution is 0.0533. The maximum absolute atomic E-state index is 11.7. The molecule has 1 aromatic heterocycles. The summed E-state index contributed by atoms with van der Waals surface area (Å²) in [6.07, 6.45) is 1.83. The van der Waals surface area contributed by atoms with Crippen LogP contribution in [0.2, 0.25) is 0 Å². The van der Waals surface area contributed by atoms with Crippen LogP contribution in [0, 0.1) is 0 Å². The van der Waals surface area contributed by atoms with E-state index in [1.165, 1.54) is 30.1 Å². The summed E-state index contributed by atoms with van der Waals surface area (Å²) in [6, 6.07) is 0. The number of nitrogens with one attached hydrogen (secondary N) is 1. The maximum atomic E-state index is 11.7. The first kappa shape index (κ1) is 13.9. The fraction of sp³-hybridized carbons (Fsp3) is 0.400. The van der Waals surface area contributed by atoms with Gasteiger partial charge in [0.25, 0.3) is 5.91 Å². The molecule has 0 aliphatic rings. The molecule has 0 fully saturated rings. The normalized spacial score (nSPS) is 10.1. The number of anilines is 1. The van der Waals surface area contributed by atoms with Crippen LogP contribution in [0.1, 0.15) is 27.0 Å². The second-order valence-corrected chi connectivity index (χ2v) is 5.11. The lowest BCUT2D eigenvalue weighted by atomic mass is 10.2. The molecule has 0 atom stereocenters. The lowest BCUT2D eigenvalue weighted by Gasteiger charge is -2.02. The number of hydrogen-bond donors (Lipinski definition) is 2. The SMILES string of the molecule is CCOC(=O)c1sc(SC)c(C(=O)NC)c1N. The average molecular weight is 274 g/mol. The van der Waals surface area contributed by atoms with E-state index in [0.717, 1.165) is 0 Å². The van der Waals surface area contributed by atoms with E-state index in [9.17, 15) is 9.59 Å². The molecule has 5 nitrogen and oxygen atoms in total. The van der Waals surface area contributed by atoms with Crippen LogP contribution in [-0.4, -0.2) is 31.8 Å². The monoisotopic (exact) mass is 274 g/mol. The van der Waals surface area contributed by atoms with E-state index in [1.54, 1.807) is 6.92 Å². The fourth-order valence-corrected chi connectivity index (χ4v) is 3.09. The Bertz CT molecular complexity index is 443. The number of hydrogen-bond acceptors (Lipinski definition) is 6. The highest BCUT2D eigenvalue weighted by Crippen LogP contribution is 2.37. The molecule has 0 saturated carbocycles. The molecule has 0 aliphatic heterocycles. The Morgan fingerprint density at radius 1 is 1.53 bits per heavy atom. The van der Waals surface area contributed by atoms with Gasteiger partial charge in [0.05, 0.1) is 22.1 Å². The molecule has 17 heavy (non-hydrogen) atoms. The minimum absolute atomic E-state index is 0.192. The van der Waals surface area contributed by atoms with Crippen LogP contribution < -0.4 is 11.1 Å². The van der Waals surface area contributed by atoms with E-state index in [2.05, 4.69) is 5.32 Å². The van der Waals surface area contributed by atoms with Gasteiger partial charge in [0, 0.05) is 7.05 Å². The number of rotatable bonds is 4. The van der Waals surface area contributed by atoms with E-state index >= 15 is 0 Å². The second kappa shape index (κ2) is 5.92. The van der Waals surface area contributed by atoms with Gasteiger partial charge in [-0.1, -0.05) is 0 Å². The number of ether oxygens (including phenoxy) is 1. The van der Waals surface area contributed by atoms with E-state index in [1.807, 2.05) is 6.26 Å². The quantitative estimate of drug-likeness (QED) is 0.643. The largest absolute Gasteiger partial charge is 0.462 e. The Balaban J connectivity index is 3.23. The van der Waals surface area contributed by atoms with Crippen molar-refractivity contribution in [1.82, 2.24) is 5.32 Å². The van der Waals surface area contributed by atoms with Crippen molar-refractivity contribution in [3.63, 3.8) is 0 Å². The number of esters is 1. The predicted molar refractivity (Wildman–Crippen MR) is 69.9 cm³/mol. The molecule has 0 aromatic carbocycles. The standard InChI is InChI=1S/C10H14N2O3S2/c1-4-15-9(14)7-6(11)5(8(13)12-2)10(16-3)17-7/h4,11H2,1-3H3,(H,12,13). The van der Waals surface area contributed by atoms with Gasteiger partial charge in [-0.15, -0.1) is 23.1 Å². The number of nitrogen functional groups attached to an aromatic ring is 1. The lowest BCUT2D eigenvalue weighted by Crippen LogP contribution is -2.19. The van der Waals surface area contributed by atoms with Crippen LogP contribution in [0.4, 0.5) is 5.69 Å². The van der Waals surface area contributed by atoms with Crippen LogP contribution in [-0.2, 0) is 4.74 Å². The zero-order valence-corrected chi connectivity index (χ0v) is 11.5. The van der Waals surface area contributed by atoms with E-state index < -0.39 is 5.97 Å². The van der Waals surface area contributed by atoms with Gasteiger partial charge in [0.1, 0.15) is 4.88 Å². The van der Waals surface area contributed by atoms with Crippen LogP contribution in [0.5, 0.6) is 0 Å². The summed E-state index contributed by atoms with van der Waals surface area (Å²) >= 11 is 2.56. The molecule has 7 heteroatoms. The van der Waals surface area contributed by atoms with Crippen molar-refractivity contribution in [2.24, 2.45) is 0 Å². The number of thiophene rings is 1. The Kier molecular flexibility index (Phi) is 4.83. The van der Waals surface area contributed by atoms with Gasteiger partial charge in [0.2, 0.25) is 0 Å². The highest BCUT2D eigenvalue weighted by atomic mass is 32.2. The molecule has 1 aromatic rings. The molecular weight excluding hydrogens is 260 g/mol. The molecule has 1 rings (SSSR count). The summed E-state index contributed by atoms with van der Waals surface area (Å²) < 4.78 is 5.60. The number of thioether (sulfide) groups is 1. The van der Waals surface area contributed by atoms with E-state index in [0.29, 0.717) is 9.77 Å². The van der Waals surface area contributed by atoms with Crippen molar-refractivity contribution in [2.45, 2.75) is 11.1 Å². The molecule has 94 valence electrons. The molecule has 0 aliphatic carbocycles. The van der Waals surface area contributed by atoms with Gasteiger partial charge >= 0.3 is 5.97 Å². The first-order valence-corrected chi connectivity index (χ1v) is 6.96. The summed E-state index contributed by atoms with van der Waals surface area (Å²) in [5.41, 5.74) is 6.37. The molecule has 3 N–H and O–H groups in total. The van der Waals surface area contributed by atoms with E-state index in [4.69, 9.17) is 10.5 Å². The molecule has 1 amide bonds. The molecular formula is C10H14N2O3S2. The fourth-order valence-electron chi connectivity index (χ4n) is 1.25. The number of amides is 1. The zero-order valence-electron chi connectivity index (χ0n) is 9.83. The Morgan fingerprint density at radius 3 is 2.65 bits per heavy atom. The number of carbonyl (C=O) groups excluding carboxylic acids is 2. The first-order chi connectivity index (χ1) is 8.06. The molecule has 0 unspecified atom stereocenters. The van der Waals surface area contributed by atoms with E-state index in [-0.39, 0.29) is 23.1 Å². The molecule has 0 saturated heterocycles. The number of nitrogens with two attached hydrogens (primary N) is 1. The maximum Gasteiger partial charge on any atom is 0.350 e. The third-order valence-electron chi connectivity index (χ3n) is 2.01. The van der Waals surface area contributed by atoms with Gasteiger partial charge < -0.3 is 15.8 Å². The summed E-state index contributed by atoms with van der Waals surface area (Å²) in [5.74, 6) is -0.779. The van der Waals surface area contributed by atoms with Crippen molar-refractivity contribution in [1.29, 1.82) is 0 Å². The van der Waals surface area contributed by atoms with Gasteiger partial charge in [-0.2, -0.15) is 0 Å². The summed E-state index contributed by atoms with van der Waals surface area (Å²) in [5, 5.41) is 2.50. The van der Waals surface area contributed by atoms with Crippen LogP contribution in [0.25, 0.3) is 0 Å². The Hall–Kier alpha value is -1.21. The van der Waals surface area contributed by atoms with Crippen LogP contribution in [0.15, 0.2) is 4.21 Å². The minimum Gasteiger partial charge on any atom is -0.462 e. The van der Waals surface area contributed by atoms with Crippen molar-refractivity contribution < 1.29 is 14.3 Å². The van der Waals surface area contributed by atoms with Crippen molar-refractivity contribution in [3.8, 4) is 0 Å². The first-order valence-electron chi connectivity index (χ1n) is 4.92. The van der Waals surface area contributed by atoms with Gasteiger partial charge in [-0.05, 0) is 13.2 Å². The summed E-state index contributed by atoms with van der Waals surface area (Å²) in [4.78, 5) is 23.6. The third-order valence-corrected chi connectivity index (χ3v) is 4.32. The highest BCUT2D eigenvalue weighted by Gasteiger charge is 2.25. The molecule has 0 spiro atoms. The van der Waals surface area contributed by atoms with Crippen LogP contribution in [0.3, 0.4) is 0 Å². The summed E-state index contributed by atoms with van der Waals surface area (Å²) in [7, 11) is 1.52. The highest BCUT2D eigenvalue weighted by molar-refractivity contribution is 8.00. The van der Waals surface area contributed by atoms with Crippen molar-refractivity contribution in [3.05, 3.63) is 10.4 Å². The average Bonchev–Trinajstić information content (AvgIpc) is 2.65. The zero-order chi connectivity index (χ0) is 13.0. The topological polar surface area (TPSA) is 81.4 Å². The predicted octanol–water partition coefficient (Wildman–Crippen LogP) is 1.59. The molecule has 0 bridgehead atoms. The third kappa shape index (κ3) is 2.73. The smallest absolute Gasteiger partial charge is 0.350 e. The van der Waals surface area contributed by atoms with Crippen LogP contribution >= 0.6 is 23.1 Å². The Labute approximate surface area is 108 Å². The number of carbonyl (C=O) groups is 2. The van der Waals surface area contributed by atoms with Crippen molar-refractivity contribution in [2.75, 3.05) is 25.6 Å². The summed E-state index contributed by atoms with van der Waals surface area (Å²) in [6.45, 7) is 2.00. The van der Waals surface area contributed by atoms with Crippen molar-refractivity contribution >= 4 is 40.7 Å². The molecule has 1 heterocycles. The minimum atomic E-state index is -0.486. The molecule has 0 radical (unpaired) electrons. The van der Waals surface area contributed by atoms with Gasteiger partial charge in [0.15, 0.2) is 0 Å².